The van der Waals surface area contributed by atoms with Crippen molar-refractivity contribution in [2.24, 2.45) is 0 Å². The molecule has 15 heavy (non-hydrogen) atoms. The van der Waals surface area contributed by atoms with Crippen LogP contribution in [0, 0.1) is 0 Å². The molecule has 1 aliphatic rings. The van der Waals surface area contributed by atoms with Gasteiger partial charge in [0.15, 0.2) is 0 Å². The average molecular weight is 214 g/mol. The molecule has 4 nitrogen and oxygen atoms in total. The second kappa shape index (κ2) is 4.94. The molecule has 0 aliphatic carbocycles. The molecule has 1 aliphatic heterocycles. The molecule has 0 spiro atoms. The fraction of sp³-hybridized carbons (Fsp3) is 0.909. The summed E-state index contributed by atoms with van der Waals surface area (Å²) in [7, 11) is 3.24. The van der Waals surface area contributed by atoms with Crippen molar-refractivity contribution in [2.75, 3.05) is 27.2 Å². The number of methoxy groups -OCH3 is 1. The predicted molar refractivity (Wildman–Crippen MR) is 59.7 cm³/mol. The summed E-state index contributed by atoms with van der Waals surface area (Å²) in [5.41, 5.74) is -0.590. The van der Waals surface area contributed by atoms with Crippen molar-refractivity contribution in [2.45, 2.75) is 38.3 Å². The highest BCUT2D eigenvalue weighted by molar-refractivity contribution is 5.80. The van der Waals surface area contributed by atoms with E-state index < -0.39 is 5.54 Å². The Kier molecular flexibility index (Phi) is 4.11. The Balaban J connectivity index is 2.63. The Labute approximate surface area is 92.0 Å². The van der Waals surface area contributed by atoms with Gasteiger partial charge in [0.05, 0.1) is 7.11 Å². The van der Waals surface area contributed by atoms with E-state index in [-0.39, 0.29) is 5.97 Å². The maximum Gasteiger partial charge on any atom is 0.327 e. The zero-order valence-corrected chi connectivity index (χ0v) is 10.2. The number of hydrogen-bond donors (Lipinski definition) is 1. The third-order valence-corrected chi connectivity index (χ3v) is 3.40. The van der Waals surface area contributed by atoms with Crippen molar-refractivity contribution in [1.29, 1.82) is 0 Å². The van der Waals surface area contributed by atoms with Crippen molar-refractivity contribution in [3.05, 3.63) is 0 Å². The lowest BCUT2D eigenvalue weighted by molar-refractivity contribution is -0.148. The second-order valence-electron chi connectivity index (χ2n) is 4.54. The van der Waals surface area contributed by atoms with Gasteiger partial charge in [-0.1, -0.05) is 0 Å². The maximum absolute atomic E-state index is 11.6. The number of esters is 1. The molecule has 1 heterocycles. The number of ether oxygens (including phenoxy) is 1. The summed E-state index contributed by atoms with van der Waals surface area (Å²) in [6.07, 6.45) is 2.45. The molecule has 0 radical (unpaired) electrons. The number of likely N-dealkylation sites (N-methyl/N-ethyl adjacent to an activating group) is 1. The highest BCUT2D eigenvalue weighted by atomic mass is 16.5. The third-order valence-electron chi connectivity index (χ3n) is 3.40. The molecule has 0 aromatic rings. The normalized spacial score (nSPS) is 26.3. The van der Waals surface area contributed by atoms with E-state index in [9.17, 15) is 4.79 Å². The highest BCUT2D eigenvalue weighted by Crippen LogP contribution is 2.19. The van der Waals surface area contributed by atoms with Crippen LogP contribution in [0.4, 0.5) is 0 Å². The van der Waals surface area contributed by atoms with Crippen LogP contribution in [0.25, 0.3) is 0 Å². The predicted octanol–water partition coefficient (Wildman–Crippen LogP) is 0.622. The van der Waals surface area contributed by atoms with Crippen molar-refractivity contribution in [3.8, 4) is 0 Å². The van der Waals surface area contributed by atoms with E-state index in [0.717, 1.165) is 13.1 Å². The number of nitrogens with one attached hydrogen (secondary N) is 1. The van der Waals surface area contributed by atoms with Gasteiger partial charge in [-0.25, -0.2) is 0 Å². The quantitative estimate of drug-likeness (QED) is 0.697. The van der Waals surface area contributed by atoms with Gasteiger partial charge in [0.1, 0.15) is 5.54 Å². The van der Waals surface area contributed by atoms with Gasteiger partial charge in [0.25, 0.3) is 0 Å². The summed E-state index contributed by atoms with van der Waals surface area (Å²) in [5, 5.41) is 3.06. The van der Waals surface area contributed by atoms with E-state index in [4.69, 9.17) is 4.74 Å². The first-order valence-corrected chi connectivity index (χ1v) is 5.55. The minimum absolute atomic E-state index is 0.191. The first kappa shape index (κ1) is 12.5. The standard InChI is InChI=1S/C11H22N2O2/c1-9-6-5-7-13(9)8-11(2,12-3)10(14)15-4/h9,12H,5-8H2,1-4H3. The van der Waals surface area contributed by atoms with Crippen molar-refractivity contribution < 1.29 is 9.53 Å². The van der Waals surface area contributed by atoms with Crippen LogP contribution < -0.4 is 5.32 Å². The van der Waals surface area contributed by atoms with E-state index in [0.29, 0.717) is 6.04 Å². The number of rotatable bonds is 4. The molecule has 1 fully saturated rings. The summed E-state index contributed by atoms with van der Waals surface area (Å²) < 4.78 is 4.82. The molecule has 1 saturated heterocycles. The van der Waals surface area contributed by atoms with Gasteiger partial charge < -0.3 is 10.1 Å². The molecule has 2 atom stereocenters. The molecule has 88 valence electrons. The van der Waals surface area contributed by atoms with Crippen molar-refractivity contribution in [1.82, 2.24) is 10.2 Å². The molecule has 0 aromatic carbocycles. The van der Waals surface area contributed by atoms with Crippen LogP contribution in [-0.2, 0) is 9.53 Å². The lowest BCUT2D eigenvalue weighted by atomic mass is 10.0. The Morgan fingerprint density at radius 1 is 1.67 bits per heavy atom. The second-order valence-corrected chi connectivity index (χ2v) is 4.54. The Morgan fingerprint density at radius 3 is 2.73 bits per heavy atom. The van der Waals surface area contributed by atoms with E-state index >= 15 is 0 Å². The number of nitrogens with zero attached hydrogens (tertiary/aromatic N) is 1. The lowest BCUT2D eigenvalue weighted by Crippen LogP contribution is -2.56. The van der Waals surface area contributed by atoms with Crippen LogP contribution in [0.15, 0.2) is 0 Å². The van der Waals surface area contributed by atoms with Crippen molar-refractivity contribution >= 4 is 5.97 Å². The number of likely N-dealkylation sites (tertiary alicyclic amines) is 1. The van der Waals surface area contributed by atoms with Crippen LogP contribution in [0.2, 0.25) is 0 Å². The fourth-order valence-electron chi connectivity index (χ4n) is 2.10. The molecular weight excluding hydrogens is 192 g/mol. The Morgan fingerprint density at radius 2 is 2.33 bits per heavy atom. The van der Waals surface area contributed by atoms with Crippen molar-refractivity contribution in [3.63, 3.8) is 0 Å². The monoisotopic (exact) mass is 214 g/mol. The smallest absolute Gasteiger partial charge is 0.327 e. The van der Waals surface area contributed by atoms with E-state index in [1.54, 1.807) is 7.05 Å². The van der Waals surface area contributed by atoms with E-state index in [1.807, 2.05) is 6.92 Å². The summed E-state index contributed by atoms with van der Waals surface area (Å²) in [6, 6.07) is 0.572. The lowest BCUT2D eigenvalue weighted by Gasteiger charge is -2.33. The Hall–Kier alpha value is -0.610. The molecule has 0 bridgehead atoms. The molecule has 2 unspecified atom stereocenters. The topological polar surface area (TPSA) is 41.6 Å². The third kappa shape index (κ3) is 2.69. The van der Waals surface area contributed by atoms with E-state index in [2.05, 4.69) is 17.1 Å². The first-order chi connectivity index (χ1) is 7.03. The molecule has 1 N–H and O–H groups in total. The van der Waals surface area contributed by atoms with Crippen LogP contribution in [0.5, 0.6) is 0 Å². The van der Waals surface area contributed by atoms with Crippen LogP contribution in [0.3, 0.4) is 0 Å². The maximum atomic E-state index is 11.6. The largest absolute Gasteiger partial charge is 0.468 e. The van der Waals surface area contributed by atoms with Crippen LogP contribution in [-0.4, -0.2) is 49.7 Å². The van der Waals surface area contributed by atoms with Gasteiger partial charge in [-0.15, -0.1) is 0 Å². The summed E-state index contributed by atoms with van der Waals surface area (Å²) in [6.45, 7) is 5.90. The van der Waals surface area contributed by atoms with Gasteiger partial charge in [-0.2, -0.15) is 0 Å². The molecule has 1 rings (SSSR count). The summed E-state index contributed by atoms with van der Waals surface area (Å²) in [4.78, 5) is 14.0. The zero-order valence-electron chi connectivity index (χ0n) is 10.2. The summed E-state index contributed by atoms with van der Waals surface area (Å²) in [5.74, 6) is -0.191. The van der Waals surface area contributed by atoms with Gasteiger partial charge in [-0.3, -0.25) is 9.69 Å². The number of carbonyl (C=O) groups is 1. The average Bonchev–Trinajstić information content (AvgIpc) is 2.63. The SMILES string of the molecule is CNC(C)(CN1CCCC1C)C(=O)OC. The molecular formula is C11H22N2O2. The number of hydrogen-bond acceptors (Lipinski definition) is 4. The number of carbonyl (C=O) groups excluding carboxylic acids is 1. The van der Waals surface area contributed by atoms with E-state index in [1.165, 1.54) is 20.0 Å². The minimum atomic E-state index is -0.590. The van der Waals surface area contributed by atoms with Gasteiger partial charge in [0, 0.05) is 12.6 Å². The highest BCUT2D eigenvalue weighted by Gasteiger charge is 2.36. The van der Waals surface area contributed by atoms with Gasteiger partial charge in [-0.05, 0) is 40.3 Å². The minimum Gasteiger partial charge on any atom is -0.468 e. The Bertz CT molecular complexity index is 233. The fourth-order valence-corrected chi connectivity index (χ4v) is 2.10. The molecule has 0 aromatic heterocycles. The van der Waals surface area contributed by atoms with Gasteiger partial charge >= 0.3 is 5.97 Å². The molecule has 0 saturated carbocycles. The van der Waals surface area contributed by atoms with Gasteiger partial charge in [0.2, 0.25) is 0 Å². The summed E-state index contributed by atoms with van der Waals surface area (Å²) >= 11 is 0. The van der Waals surface area contributed by atoms with Crippen LogP contribution in [0.1, 0.15) is 26.7 Å². The molecule has 4 heteroatoms. The zero-order chi connectivity index (χ0) is 11.5. The first-order valence-electron chi connectivity index (χ1n) is 5.55. The van der Waals surface area contributed by atoms with Crippen LogP contribution >= 0.6 is 0 Å². The molecule has 0 amide bonds.